The van der Waals surface area contributed by atoms with Crippen LogP contribution in [-0.2, 0) is 29.0 Å². The molecule has 4 N–H and O–H groups in total. The first-order valence-corrected chi connectivity index (χ1v) is 20.3. The monoisotopic (exact) mass is 725 g/mol. The highest BCUT2D eigenvalue weighted by Crippen LogP contribution is 2.52. The van der Waals surface area contributed by atoms with Crippen molar-refractivity contribution < 1.29 is 32.4 Å². The number of sulfone groups is 1. The molecule has 50 heavy (non-hydrogen) atoms. The van der Waals surface area contributed by atoms with Crippen LogP contribution in [0.25, 0.3) is 0 Å². The van der Waals surface area contributed by atoms with Crippen LogP contribution in [0.3, 0.4) is 0 Å². The van der Waals surface area contributed by atoms with Crippen molar-refractivity contribution >= 4 is 39.4 Å². The number of Topliss-reactive ketones (excluding diaryl/α,β-unsaturated/α-hetero) is 1. The highest BCUT2D eigenvalue weighted by molar-refractivity contribution is 7.92. The normalized spacial score (nSPS) is 20.4. The molecule has 3 unspecified atom stereocenters. The van der Waals surface area contributed by atoms with Crippen LogP contribution in [0.4, 0.5) is 4.79 Å². The second-order valence-corrected chi connectivity index (χ2v) is 20.2. The van der Waals surface area contributed by atoms with E-state index in [0.29, 0.717) is 32.2 Å². The second-order valence-electron chi connectivity index (χ2n) is 17.5. The van der Waals surface area contributed by atoms with E-state index in [1.165, 1.54) is 4.90 Å². The van der Waals surface area contributed by atoms with Gasteiger partial charge < -0.3 is 26.2 Å². The zero-order valence-corrected chi connectivity index (χ0v) is 33.5. The van der Waals surface area contributed by atoms with Crippen molar-refractivity contribution in [2.24, 2.45) is 16.7 Å². The van der Waals surface area contributed by atoms with Crippen molar-refractivity contribution in [2.75, 3.05) is 18.8 Å². The Morgan fingerprint density at radius 2 is 1.48 bits per heavy atom. The number of ketones is 1. The Bertz CT molecular complexity index is 1330. The van der Waals surface area contributed by atoms with Gasteiger partial charge in [0.15, 0.2) is 9.84 Å². The Kier molecular flexibility index (Phi) is 15.0. The van der Waals surface area contributed by atoms with E-state index in [1.807, 2.05) is 34.6 Å². The van der Waals surface area contributed by atoms with E-state index >= 15 is 0 Å². The number of hydrogen-bond donors (Lipinski definition) is 4. The molecular formula is C37H67N5O7S. The van der Waals surface area contributed by atoms with Gasteiger partial charge in [0.25, 0.3) is 5.91 Å². The number of hydrogen-bond acceptors (Lipinski definition) is 7. The molecule has 13 heteroatoms. The number of carbonyl (C=O) groups is 5. The van der Waals surface area contributed by atoms with Crippen molar-refractivity contribution in [3.05, 3.63) is 0 Å². The molecule has 0 saturated heterocycles. The third-order valence-corrected chi connectivity index (χ3v) is 13.3. The van der Waals surface area contributed by atoms with Crippen LogP contribution in [0.1, 0.15) is 140 Å². The van der Waals surface area contributed by atoms with Crippen LogP contribution in [-0.4, -0.2) is 90.1 Å². The lowest BCUT2D eigenvalue weighted by molar-refractivity contribution is -0.145. The molecule has 5 amide bonds. The molecule has 0 bridgehead atoms. The SMILES string of the molecule is CCCCC(NC(=O)C(C)N(CC1CC1(C)C)C(=O)[C@@H](NC(=O)NC1(CS(=O)(=O)C(C)(C)C)CCCCC1)C(C)(C)C)C(=O)C(=O)NCCC. The van der Waals surface area contributed by atoms with Crippen LogP contribution in [0.5, 0.6) is 0 Å². The van der Waals surface area contributed by atoms with E-state index in [2.05, 4.69) is 35.1 Å². The average Bonchev–Trinajstić information content (AvgIpc) is 3.62. The number of amides is 5. The minimum Gasteiger partial charge on any atom is -0.349 e. The lowest BCUT2D eigenvalue weighted by Gasteiger charge is -2.41. The summed E-state index contributed by atoms with van der Waals surface area (Å²) in [6, 6.07) is -3.73. The van der Waals surface area contributed by atoms with Crippen molar-refractivity contribution in [1.82, 2.24) is 26.2 Å². The van der Waals surface area contributed by atoms with Gasteiger partial charge in [-0.15, -0.1) is 0 Å². The topological polar surface area (TPSA) is 171 Å². The predicted octanol–water partition coefficient (Wildman–Crippen LogP) is 4.65. The van der Waals surface area contributed by atoms with Gasteiger partial charge in [-0.05, 0) is 76.5 Å². The predicted molar refractivity (Wildman–Crippen MR) is 197 cm³/mol. The van der Waals surface area contributed by atoms with Crippen LogP contribution in [0, 0.1) is 16.7 Å². The Labute approximate surface area is 301 Å². The first-order valence-electron chi connectivity index (χ1n) is 18.6. The highest BCUT2D eigenvalue weighted by atomic mass is 32.2. The van der Waals surface area contributed by atoms with Gasteiger partial charge in [-0.25, -0.2) is 13.2 Å². The maximum Gasteiger partial charge on any atom is 0.315 e. The summed E-state index contributed by atoms with van der Waals surface area (Å²) >= 11 is 0. The van der Waals surface area contributed by atoms with Crippen LogP contribution < -0.4 is 21.3 Å². The zero-order chi connectivity index (χ0) is 38.3. The Morgan fingerprint density at radius 3 is 1.96 bits per heavy atom. The highest BCUT2D eigenvalue weighted by Gasteiger charge is 2.50. The number of nitrogens with one attached hydrogen (secondary N) is 4. The zero-order valence-electron chi connectivity index (χ0n) is 32.7. The van der Waals surface area contributed by atoms with Gasteiger partial charge in [-0.3, -0.25) is 19.2 Å². The molecule has 0 aromatic heterocycles. The fraction of sp³-hybridized carbons (Fsp3) is 0.865. The largest absolute Gasteiger partial charge is 0.349 e. The molecule has 0 aliphatic heterocycles. The number of carbonyl (C=O) groups excluding carboxylic acids is 5. The van der Waals surface area contributed by atoms with E-state index in [9.17, 15) is 32.4 Å². The van der Waals surface area contributed by atoms with E-state index in [1.54, 1.807) is 27.7 Å². The van der Waals surface area contributed by atoms with Gasteiger partial charge >= 0.3 is 6.03 Å². The molecule has 2 aliphatic carbocycles. The van der Waals surface area contributed by atoms with Gasteiger partial charge in [-0.1, -0.05) is 80.6 Å². The smallest absolute Gasteiger partial charge is 0.315 e. The number of urea groups is 1. The van der Waals surface area contributed by atoms with Crippen LogP contribution in [0.2, 0.25) is 0 Å². The molecule has 0 spiro atoms. The molecule has 2 aliphatic rings. The van der Waals surface area contributed by atoms with Gasteiger partial charge in [0.2, 0.25) is 17.6 Å². The molecule has 0 heterocycles. The first-order chi connectivity index (χ1) is 22.9. The Balaban J connectivity index is 2.39. The summed E-state index contributed by atoms with van der Waals surface area (Å²) < 4.78 is 25.7. The minimum atomic E-state index is -3.57. The minimum absolute atomic E-state index is 0.0281. The Morgan fingerprint density at radius 1 is 0.900 bits per heavy atom. The molecule has 288 valence electrons. The van der Waals surface area contributed by atoms with Gasteiger partial charge in [0.1, 0.15) is 12.1 Å². The van der Waals surface area contributed by atoms with Crippen LogP contribution >= 0.6 is 0 Å². The van der Waals surface area contributed by atoms with Gasteiger partial charge in [-0.2, -0.15) is 0 Å². The maximum atomic E-state index is 14.6. The number of nitrogens with zero attached hydrogens (tertiary/aromatic N) is 1. The summed E-state index contributed by atoms with van der Waals surface area (Å²) in [6.07, 6.45) is 6.72. The first kappa shape index (κ1) is 43.5. The molecule has 2 fully saturated rings. The quantitative estimate of drug-likeness (QED) is 0.158. The maximum absolute atomic E-state index is 14.6. The molecular weight excluding hydrogens is 659 g/mol. The molecule has 0 radical (unpaired) electrons. The fourth-order valence-corrected chi connectivity index (χ4v) is 8.02. The third kappa shape index (κ3) is 11.9. The summed E-state index contributed by atoms with van der Waals surface area (Å²) in [4.78, 5) is 69.3. The summed E-state index contributed by atoms with van der Waals surface area (Å²) in [5.41, 5.74) is -1.77. The average molecular weight is 726 g/mol. The molecule has 4 atom stereocenters. The van der Waals surface area contributed by atoms with E-state index in [4.69, 9.17) is 0 Å². The lowest BCUT2D eigenvalue weighted by Crippen LogP contribution is -2.64. The number of rotatable bonds is 17. The standard InChI is InChI=1S/C37H67N5O7S/c1-12-14-18-27(28(43)31(45)38-21-13-2)39-30(44)25(3)42(23-26-22-36(26,10)11)32(46)29(34(4,5)6)40-33(47)41-37(19-16-15-17-20-37)24-50(48,49)35(7,8)9/h25-27,29H,12-24H2,1-11H3,(H,38,45)(H,39,44)(H2,40,41,47)/t25?,26?,27?,29-/m1/s1. The molecule has 0 aromatic rings. The summed E-state index contributed by atoms with van der Waals surface area (Å²) in [6.45, 7) is 20.7. The fourth-order valence-electron chi connectivity index (χ4n) is 6.50. The van der Waals surface area contributed by atoms with Crippen molar-refractivity contribution in [1.29, 1.82) is 0 Å². The molecule has 2 saturated carbocycles. The van der Waals surface area contributed by atoms with E-state index in [0.717, 1.165) is 32.1 Å². The van der Waals surface area contributed by atoms with Crippen molar-refractivity contribution in [2.45, 2.75) is 169 Å². The van der Waals surface area contributed by atoms with Gasteiger partial charge in [0, 0.05) is 13.1 Å². The summed E-state index contributed by atoms with van der Waals surface area (Å²) in [7, 11) is -3.57. The summed E-state index contributed by atoms with van der Waals surface area (Å²) in [5.74, 6) is -2.54. The van der Waals surface area contributed by atoms with E-state index < -0.39 is 73.2 Å². The molecule has 12 nitrogen and oxygen atoms in total. The summed E-state index contributed by atoms with van der Waals surface area (Å²) in [5, 5.41) is 11.3. The van der Waals surface area contributed by atoms with Gasteiger partial charge in [0.05, 0.1) is 22.1 Å². The van der Waals surface area contributed by atoms with Crippen molar-refractivity contribution in [3.8, 4) is 0 Å². The second kappa shape index (κ2) is 17.2. The van der Waals surface area contributed by atoms with E-state index in [-0.39, 0.29) is 30.1 Å². The molecule has 2 rings (SSSR count). The lowest BCUT2D eigenvalue weighted by atomic mass is 9.83. The van der Waals surface area contributed by atoms with Crippen molar-refractivity contribution in [3.63, 3.8) is 0 Å². The molecule has 0 aromatic carbocycles. The third-order valence-electron chi connectivity index (χ3n) is 10.5. The Hall–Kier alpha value is -2.70. The number of unbranched alkanes of at least 4 members (excludes halogenated alkanes) is 1. The van der Waals surface area contributed by atoms with Crippen LogP contribution in [0.15, 0.2) is 0 Å².